The van der Waals surface area contributed by atoms with Gasteiger partial charge in [-0.05, 0) is 37.9 Å². The number of amides is 1. The van der Waals surface area contributed by atoms with Crippen LogP contribution in [0, 0.1) is 0 Å². The molecule has 0 unspecified atom stereocenters. The van der Waals surface area contributed by atoms with Crippen LogP contribution in [0.4, 0.5) is 11.4 Å². The van der Waals surface area contributed by atoms with Gasteiger partial charge in [0.15, 0.2) is 0 Å². The van der Waals surface area contributed by atoms with Gasteiger partial charge in [0.1, 0.15) is 0 Å². The van der Waals surface area contributed by atoms with Crippen LogP contribution in [0.25, 0.3) is 0 Å². The minimum Gasteiger partial charge on any atom is -0.369 e. The summed E-state index contributed by atoms with van der Waals surface area (Å²) in [7, 11) is 4.07. The highest BCUT2D eigenvalue weighted by Crippen LogP contribution is 2.32. The zero-order chi connectivity index (χ0) is 14.8. The van der Waals surface area contributed by atoms with E-state index in [1.807, 2.05) is 19.0 Å². The third kappa shape index (κ3) is 3.04. The van der Waals surface area contributed by atoms with E-state index in [0.29, 0.717) is 6.42 Å². The van der Waals surface area contributed by atoms with E-state index in [0.717, 1.165) is 45.0 Å². The van der Waals surface area contributed by atoms with E-state index in [2.05, 4.69) is 33.3 Å². The quantitative estimate of drug-likeness (QED) is 0.878. The molecule has 0 aliphatic carbocycles. The van der Waals surface area contributed by atoms with Crippen LogP contribution in [0.5, 0.6) is 0 Å². The highest BCUT2D eigenvalue weighted by atomic mass is 16.2. The van der Waals surface area contributed by atoms with Gasteiger partial charge in [0, 0.05) is 50.6 Å². The second-order valence-electron chi connectivity index (χ2n) is 6.08. The van der Waals surface area contributed by atoms with E-state index in [1.54, 1.807) is 0 Å². The van der Waals surface area contributed by atoms with E-state index in [1.165, 1.54) is 11.3 Å². The molecule has 1 saturated heterocycles. The third-order valence-electron chi connectivity index (χ3n) is 4.25. The molecule has 0 spiro atoms. The first-order valence-corrected chi connectivity index (χ1v) is 7.69. The topological polar surface area (TPSA) is 38.8 Å². The van der Waals surface area contributed by atoms with E-state index in [4.69, 9.17) is 0 Å². The van der Waals surface area contributed by atoms with Crippen molar-refractivity contribution in [3.05, 3.63) is 23.8 Å². The smallest absolute Gasteiger partial charge is 0.231 e. The zero-order valence-electron chi connectivity index (χ0n) is 12.9. The zero-order valence-corrected chi connectivity index (χ0v) is 12.9. The van der Waals surface area contributed by atoms with E-state index >= 15 is 0 Å². The summed E-state index contributed by atoms with van der Waals surface area (Å²) in [5.41, 5.74) is 3.52. The van der Waals surface area contributed by atoms with Crippen LogP contribution in [0.1, 0.15) is 5.56 Å². The number of hydrogen-bond donors (Lipinski definition) is 1. The molecule has 3 rings (SSSR count). The summed E-state index contributed by atoms with van der Waals surface area (Å²) in [6.07, 6.45) is 0.544. The Bertz CT molecular complexity index is 523. The molecular formula is C16H24N4O. The van der Waals surface area contributed by atoms with Crippen molar-refractivity contribution >= 4 is 17.3 Å². The predicted octanol–water partition coefficient (Wildman–Crippen LogP) is 0.547. The number of nitrogens with one attached hydrogen (secondary N) is 1. The SMILES string of the molecule is CN(C)CCN1C(=O)Cc2cc(N3CCNCC3)ccc21. The maximum Gasteiger partial charge on any atom is 0.231 e. The number of hydrogen-bond acceptors (Lipinski definition) is 4. The standard InChI is InChI=1S/C16H24N4O/c1-18(2)9-10-20-15-4-3-14(11-13(15)12-16(20)21)19-7-5-17-6-8-19/h3-4,11,17H,5-10,12H2,1-2H3. The molecular weight excluding hydrogens is 264 g/mol. The lowest BCUT2D eigenvalue weighted by Crippen LogP contribution is -2.43. The molecule has 2 heterocycles. The number of carbonyl (C=O) groups excluding carboxylic acids is 1. The Morgan fingerprint density at radius 1 is 1.24 bits per heavy atom. The van der Waals surface area contributed by atoms with E-state index in [-0.39, 0.29) is 5.91 Å². The summed E-state index contributed by atoms with van der Waals surface area (Å²) in [5.74, 6) is 0.226. The summed E-state index contributed by atoms with van der Waals surface area (Å²) >= 11 is 0. The fourth-order valence-corrected chi connectivity index (χ4v) is 3.03. The Labute approximate surface area is 126 Å². The van der Waals surface area contributed by atoms with Crippen molar-refractivity contribution in [3.63, 3.8) is 0 Å². The number of benzene rings is 1. The van der Waals surface area contributed by atoms with Gasteiger partial charge in [-0.15, -0.1) is 0 Å². The minimum absolute atomic E-state index is 0.226. The number of rotatable bonds is 4. The second-order valence-corrected chi connectivity index (χ2v) is 6.08. The van der Waals surface area contributed by atoms with E-state index < -0.39 is 0 Å². The van der Waals surface area contributed by atoms with Gasteiger partial charge >= 0.3 is 0 Å². The Balaban J connectivity index is 1.77. The van der Waals surface area contributed by atoms with Crippen LogP contribution in [-0.4, -0.2) is 64.2 Å². The number of piperazine rings is 1. The van der Waals surface area contributed by atoms with Crippen LogP contribution < -0.4 is 15.1 Å². The normalized spacial score (nSPS) is 18.5. The van der Waals surface area contributed by atoms with Crippen molar-refractivity contribution in [1.29, 1.82) is 0 Å². The lowest BCUT2D eigenvalue weighted by Gasteiger charge is -2.30. The third-order valence-corrected chi connectivity index (χ3v) is 4.25. The lowest BCUT2D eigenvalue weighted by atomic mass is 10.1. The van der Waals surface area contributed by atoms with Crippen LogP contribution >= 0.6 is 0 Å². The summed E-state index contributed by atoms with van der Waals surface area (Å²) < 4.78 is 0. The van der Waals surface area contributed by atoms with Gasteiger partial charge in [-0.25, -0.2) is 0 Å². The largest absolute Gasteiger partial charge is 0.369 e. The number of anilines is 2. The van der Waals surface area contributed by atoms with Crippen molar-refractivity contribution < 1.29 is 4.79 Å². The Kier molecular flexibility index (Phi) is 4.12. The maximum atomic E-state index is 12.2. The molecule has 5 heteroatoms. The van der Waals surface area contributed by atoms with Gasteiger partial charge in [-0.3, -0.25) is 4.79 Å². The van der Waals surface area contributed by atoms with Gasteiger partial charge in [-0.2, -0.15) is 0 Å². The molecule has 0 atom stereocenters. The van der Waals surface area contributed by atoms with Crippen LogP contribution in [0.3, 0.4) is 0 Å². The van der Waals surface area contributed by atoms with Gasteiger partial charge in [0.05, 0.1) is 6.42 Å². The molecule has 114 valence electrons. The van der Waals surface area contributed by atoms with Crippen molar-refractivity contribution in [2.45, 2.75) is 6.42 Å². The van der Waals surface area contributed by atoms with Gasteiger partial charge < -0.3 is 20.0 Å². The molecule has 2 aliphatic rings. The van der Waals surface area contributed by atoms with Crippen LogP contribution in [0.2, 0.25) is 0 Å². The van der Waals surface area contributed by atoms with Crippen LogP contribution in [0.15, 0.2) is 18.2 Å². The highest BCUT2D eigenvalue weighted by molar-refractivity contribution is 6.01. The number of nitrogens with zero attached hydrogens (tertiary/aromatic N) is 3. The highest BCUT2D eigenvalue weighted by Gasteiger charge is 2.27. The first-order chi connectivity index (χ1) is 10.1. The van der Waals surface area contributed by atoms with Gasteiger partial charge in [0.25, 0.3) is 0 Å². The number of likely N-dealkylation sites (N-methyl/N-ethyl adjacent to an activating group) is 1. The monoisotopic (exact) mass is 288 g/mol. The minimum atomic E-state index is 0.226. The molecule has 1 N–H and O–H groups in total. The molecule has 1 aromatic rings. The summed E-state index contributed by atoms with van der Waals surface area (Å²) in [6.45, 7) is 5.81. The van der Waals surface area contributed by atoms with Gasteiger partial charge in [0.2, 0.25) is 5.91 Å². The average molecular weight is 288 g/mol. The van der Waals surface area contributed by atoms with E-state index in [9.17, 15) is 4.79 Å². The number of fused-ring (bicyclic) bond motifs is 1. The molecule has 2 aliphatic heterocycles. The molecule has 0 aromatic heterocycles. The molecule has 5 nitrogen and oxygen atoms in total. The molecule has 0 saturated carbocycles. The summed E-state index contributed by atoms with van der Waals surface area (Å²) in [4.78, 5) is 18.6. The van der Waals surface area contributed by atoms with Crippen molar-refractivity contribution in [3.8, 4) is 0 Å². The second kappa shape index (κ2) is 6.03. The molecule has 1 fully saturated rings. The molecule has 0 radical (unpaired) electrons. The Morgan fingerprint density at radius 3 is 2.71 bits per heavy atom. The number of carbonyl (C=O) groups is 1. The predicted molar refractivity (Wildman–Crippen MR) is 86.1 cm³/mol. The Morgan fingerprint density at radius 2 is 2.00 bits per heavy atom. The fourth-order valence-electron chi connectivity index (χ4n) is 3.03. The first kappa shape index (κ1) is 14.4. The fraction of sp³-hybridized carbons (Fsp3) is 0.562. The molecule has 0 bridgehead atoms. The van der Waals surface area contributed by atoms with Gasteiger partial charge in [-0.1, -0.05) is 0 Å². The van der Waals surface area contributed by atoms with Crippen molar-refractivity contribution in [1.82, 2.24) is 10.2 Å². The first-order valence-electron chi connectivity index (χ1n) is 7.69. The van der Waals surface area contributed by atoms with Crippen LogP contribution in [-0.2, 0) is 11.2 Å². The lowest BCUT2D eigenvalue weighted by molar-refractivity contribution is -0.117. The van der Waals surface area contributed by atoms with Crippen molar-refractivity contribution in [2.24, 2.45) is 0 Å². The molecule has 1 aromatic carbocycles. The van der Waals surface area contributed by atoms with Crippen molar-refractivity contribution in [2.75, 3.05) is 63.2 Å². The molecule has 1 amide bonds. The summed E-state index contributed by atoms with van der Waals surface area (Å²) in [5, 5.41) is 3.37. The molecule has 21 heavy (non-hydrogen) atoms. The maximum absolute atomic E-state index is 12.2. The Hall–Kier alpha value is -1.59. The average Bonchev–Trinajstić information content (AvgIpc) is 2.80. The summed E-state index contributed by atoms with van der Waals surface area (Å²) in [6, 6.07) is 6.48.